The Labute approximate surface area is 61.8 Å². The van der Waals surface area contributed by atoms with Crippen LogP contribution in [-0.4, -0.2) is 16.8 Å². The van der Waals surface area contributed by atoms with Crippen LogP contribution in [0.4, 0.5) is 0 Å². The molecule has 2 N–H and O–H groups in total. The molecule has 1 atom stereocenters. The first-order valence-electron chi connectivity index (χ1n) is 3.08. The molecule has 0 saturated carbocycles. The minimum atomic E-state index is -2.60. The number of aliphatic hydroxyl groups is 1. The third-order valence-electron chi connectivity index (χ3n) is 0.668. The van der Waals surface area contributed by atoms with Crippen LogP contribution in [0.5, 0.6) is 0 Å². The van der Waals surface area contributed by atoms with E-state index in [1.165, 1.54) is 12.8 Å². The Hall–Kier alpha value is -0.0200. The van der Waals surface area contributed by atoms with E-state index >= 15 is 0 Å². The largest absolute Gasteiger partial charge is 0.697 e. The fourth-order valence-electron chi connectivity index (χ4n) is 0.0494. The molecule has 0 aliphatic rings. The molecule has 1 unspecified atom stereocenters. The van der Waals surface area contributed by atoms with Gasteiger partial charge in [-0.1, -0.05) is 31.2 Å². The molecule has 0 spiro atoms. The summed E-state index contributed by atoms with van der Waals surface area (Å²) < 4.78 is 13.0. The number of unbranched alkanes of at least 4 members (excludes halogenated alkanes) is 1. The molecule has 0 fully saturated rings. The molecule has 0 rings (SSSR count). The van der Waals surface area contributed by atoms with Crippen LogP contribution in [0.15, 0.2) is 0 Å². The second-order valence-electron chi connectivity index (χ2n) is 1.50. The lowest BCUT2D eigenvalue weighted by molar-refractivity contribution is 0.0946. The van der Waals surface area contributed by atoms with E-state index in [0.29, 0.717) is 0 Å². The zero-order valence-electron chi connectivity index (χ0n) is 6.28. The number of aliphatic hydroxyl groups excluding tert-OH is 1. The minimum absolute atomic E-state index is 0.703. The maximum Gasteiger partial charge on any atom is 0.697 e. The fraction of sp³-hybridized carbons (Fsp3) is 1.00. The molecule has 5 heteroatoms. The maximum atomic E-state index is 9.37. The third kappa shape index (κ3) is 24.5. The predicted octanol–water partition coefficient (Wildman–Crippen LogP) is 1.41. The Bertz CT molecular complexity index is 74.0. The van der Waals surface area contributed by atoms with Crippen LogP contribution < -0.4 is 0 Å². The molecule has 0 radical (unpaired) electrons. The first-order valence-corrected chi connectivity index (χ1v) is 4.21. The Morgan fingerprint density at radius 2 is 1.80 bits per heavy atom. The molecular formula is C5H14O4P+. The van der Waals surface area contributed by atoms with Crippen molar-refractivity contribution in [2.75, 3.05) is 6.79 Å². The van der Waals surface area contributed by atoms with Gasteiger partial charge in [0.25, 0.3) is 0 Å². The van der Waals surface area contributed by atoms with Gasteiger partial charge in [-0.15, -0.1) is 4.89 Å². The third-order valence-corrected chi connectivity index (χ3v) is 1.00. The first kappa shape index (κ1) is 12.6. The van der Waals surface area contributed by atoms with Crippen molar-refractivity contribution in [1.82, 2.24) is 0 Å². The summed E-state index contributed by atoms with van der Waals surface area (Å²) in [6, 6.07) is 0. The van der Waals surface area contributed by atoms with Crippen LogP contribution in [0, 0.1) is 0 Å². The summed E-state index contributed by atoms with van der Waals surface area (Å²) in [5.41, 5.74) is 0. The average molecular weight is 169 g/mol. The highest BCUT2D eigenvalue weighted by Gasteiger charge is 2.07. The van der Waals surface area contributed by atoms with Crippen LogP contribution in [0.2, 0.25) is 0 Å². The average Bonchev–Trinajstić information content (AvgIpc) is 1.89. The lowest BCUT2D eigenvalue weighted by atomic mass is 10.4. The van der Waals surface area contributed by atoms with E-state index in [9.17, 15) is 4.57 Å². The molecule has 0 bridgehead atoms. The Morgan fingerprint density at radius 1 is 1.40 bits per heavy atom. The first-order chi connectivity index (χ1) is 4.68. The molecule has 10 heavy (non-hydrogen) atoms. The normalized spacial score (nSPS) is 9.80. The molecule has 0 heterocycles. The van der Waals surface area contributed by atoms with Crippen molar-refractivity contribution in [2.45, 2.75) is 26.7 Å². The second kappa shape index (κ2) is 11.7. The van der Waals surface area contributed by atoms with Crippen molar-refractivity contribution in [3.05, 3.63) is 0 Å². The molecule has 4 nitrogen and oxygen atoms in total. The van der Waals surface area contributed by atoms with Crippen molar-refractivity contribution in [2.24, 2.45) is 0 Å². The van der Waals surface area contributed by atoms with E-state index < -0.39 is 15.0 Å². The summed E-state index contributed by atoms with van der Waals surface area (Å²) in [5, 5.41) is 7.67. The van der Waals surface area contributed by atoms with Crippen LogP contribution >= 0.6 is 8.25 Å². The molecule has 0 aliphatic heterocycles. The highest BCUT2D eigenvalue weighted by atomic mass is 31.1. The van der Waals surface area contributed by atoms with Gasteiger partial charge in [0.15, 0.2) is 0 Å². The summed E-state index contributed by atoms with van der Waals surface area (Å²) in [6.07, 6.45) is 2.64. The minimum Gasteiger partial charge on any atom is -0.367 e. The fourth-order valence-corrected chi connectivity index (χ4v) is 0.148. The summed E-state index contributed by atoms with van der Waals surface area (Å²) in [4.78, 5) is 7.68. The second-order valence-corrected chi connectivity index (χ2v) is 2.23. The quantitative estimate of drug-likeness (QED) is 0.495. The van der Waals surface area contributed by atoms with Crippen LogP contribution in [0.3, 0.4) is 0 Å². The lowest BCUT2D eigenvalue weighted by Crippen LogP contribution is -1.78. The van der Waals surface area contributed by atoms with Crippen molar-refractivity contribution in [3.63, 3.8) is 0 Å². The molecule has 0 saturated heterocycles. The topological polar surface area (TPSA) is 66.8 Å². The van der Waals surface area contributed by atoms with Crippen LogP contribution in [-0.2, 0) is 9.09 Å². The van der Waals surface area contributed by atoms with Gasteiger partial charge in [-0.25, -0.2) is 0 Å². The summed E-state index contributed by atoms with van der Waals surface area (Å²) >= 11 is 0. The Balaban J connectivity index is 0. The van der Waals surface area contributed by atoms with Crippen molar-refractivity contribution in [3.8, 4) is 0 Å². The molecule has 0 aromatic rings. The van der Waals surface area contributed by atoms with Gasteiger partial charge in [0.05, 0.1) is 0 Å². The van der Waals surface area contributed by atoms with E-state index in [4.69, 9.17) is 10.00 Å². The molecule has 62 valence electrons. The molecule has 0 aromatic carbocycles. The van der Waals surface area contributed by atoms with Gasteiger partial charge < -0.3 is 5.11 Å². The summed E-state index contributed by atoms with van der Waals surface area (Å²) in [5.74, 6) is 0. The smallest absolute Gasteiger partial charge is 0.367 e. The lowest BCUT2D eigenvalue weighted by Gasteiger charge is -1.68. The van der Waals surface area contributed by atoms with E-state index in [-0.39, 0.29) is 0 Å². The summed E-state index contributed by atoms with van der Waals surface area (Å²) in [7, 11) is -2.60. The van der Waals surface area contributed by atoms with E-state index in [2.05, 4.69) is 18.4 Å². The van der Waals surface area contributed by atoms with Gasteiger partial charge in [-0.3, -0.25) is 0 Å². The molecule has 0 amide bonds. The van der Waals surface area contributed by atoms with Crippen molar-refractivity contribution in [1.29, 1.82) is 0 Å². The van der Waals surface area contributed by atoms with Gasteiger partial charge in [-0.05, 0) is 0 Å². The SMILES string of the molecule is CCCC.O=[P+](O)OCO. The van der Waals surface area contributed by atoms with E-state index in [0.717, 1.165) is 0 Å². The Morgan fingerprint density at radius 3 is 1.80 bits per heavy atom. The monoisotopic (exact) mass is 169 g/mol. The standard InChI is InChI=1S/C4H10.CH3O4P/c1-3-4-2;2-1-5-6(3)4/h3-4H2,1-2H3;2H,1H2/p+1. The number of hydrogen-bond donors (Lipinski definition) is 2. The predicted molar refractivity (Wildman–Crippen MR) is 38.6 cm³/mol. The van der Waals surface area contributed by atoms with Crippen molar-refractivity contribution >= 4 is 8.25 Å². The van der Waals surface area contributed by atoms with Crippen LogP contribution in [0.1, 0.15) is 26.7 Å². The molecular weight excluding hydrogens is 155 g/mol. The van der Waals surface area contributed by atoms with Crippen LogP contribution in [0.25, 0.3) is 0 Å². The van der Waals surface area contributed by atoms with E-state index in [1.807, 2.05) is 0 Å². The van der Waals surface area contributed by atoms with E-state index in [1.54, 1.807) is 0 Å². The molecule has 0 aromatic heterocycles. The van der Waals surface area contributed by atoms with Gasteiger partial charge >= 0.3 is 8.25 Å². The van der Waals surface area contributed by atoms with Crippen molar-refractivity contribution < 1.29 is 19.1 Å². The molecule has 0 aliphatic carbocycles. The van der Waals surface area contributed by atoms with Gasteiger partial charge in [0, 0.05) is 4.57 Å². The van der Waals surface area contributed by atoms with Gasteiger partial charge in [-0.2, -0.15) is 0 Å². The number of hydrogen-bond acceptors (Lipinski definition) is 3. The zero-order chi connectivity index (χ0) is 8.41. The maximum absolute atomic E-state index is 9.37. The van der Waals surface area contributed by atoms with Gasteiger partial charge in [0.2, 0.25) is 6.79 Å². The van der Waals surface area contributed by atoms with Gasteiger partial charge in [0.1, 0.15) is 0 Å². The number of rotatable bonds is 3. The highest BCUT2D eigenvalue weighted by Crippen LogP contribution is 2.11. The summed E-state index contributed by atoms with van der Waals surface area (Å²) in [6.45, 7) is 3.66. The highest BCUT2D eigenvalue weighted by molar-refractivity contribution is 7.32. The zero-order valence-corrected chi connectivity index (χ0v) is 7.17. The Kier molecular flexibility index (Phi) is 14.8.